The average molecular weight is 443 g/mol. The van der Waals surface area contributed by atoms with Gasteiger partial charge in [0, 0.05) is 10.5 Å². The molecule has 2 aromatic carbocycles. The molecule has 0 aromatic heterocycles. The predicted molar refractivity (Wildman–Crippen MR) is 95.5 cm³/mol. The fourth-order valence-corrected chi connectivity index (χ4v) is 5.12. The zero-order valence-electron chi connectivity index (χ0n) is 13.3. The van der Waals surface area contributed by atoms with Crippen LogP contribution >= 0.6 is 15.9 Å². The van der Waals surface area contributed by atoms with Gasteiger partial charge in [0.25, 0.3) is 10.0 Å². The van der Waals surface area contributed by atoms with E-state index < -0.39 is 32.0 Å². The molecule has 136 valence electrons. The van der Waals surface area contributed by atoms with Gasteiger partial charge in [0.2, 0.25) is 5.91 Å². The summed E-state index contributed by atoms with van der Waals surface area (Å²) in [6.07, 6.45) is 2.31. The van der Waals surface area contributed by atoms with Crippen molar-refractivity contribution in [2.75, 3.05) is 10.0 Å². The van der Waals surface area contributed by atoms with Gasteiger partial charge in [-0.15, -0.1) is 0 Å². The van der Waals surface area contributed by atoms with Crippen LogP contribution in [0.4, 0.5) is 20.2 Å². The number of hydrogen-bond donors (Lipinski definition) is 2. The summed E-state index contributed by atoms with van der Waals surface area (Å²) in [6, 6.07) is 5.35. The van der Waals surface area contributed by atoms with Crippen molar-refractivity contribution >= 4 is 43.2 Å². The van der Waals surface area contributed by atoms with Crippen LogP contribution in [0.3, 0.4) is 0 Å². The first kappa shape index (κ1) is 17.4. The van der Waals surface area contributed by atoms with Crippen molar-refractivity contribution in [2.45, 2.75) is 29.6 Å². The van der Waals surface area contributed by atoms with E-state index >= 15 is 0 Å². The second kappa shape index (κ2) is 5.75. The highest BCUT2D eigenvalue weighted by molar-refractivity contribution is 9.10. The molecule has 4 rings (SSSR count). The van der Waals surface area contributed by atoms with Gasteiger partial charge in [-0.3, -0.25) is 9.52 Å². The first-order valence-electron chi connectivity index (χ1n) is 7.86. The third-order valence-electron chi connectivity index (χ3n) is 4.92. The van der Waals surface area contributed by atoms with E-state index in [-0.39, 0.29) is 11.6 Å². The maximum Gasteiger partial charge on any atom is 0.264 e. The number of amides is 1. The molecule has 0 bridgehead atoms. The molecule has 1 spiro atoms. The van der Waals surface area contributed by atoms with E-state index in [4.69, 9.17) is 0 Å². The van der Waals surface area contributed by atoms with Gasteiger partial charge in [0.05, 0.1) is 16.8 Å². The Morgan fingerprint density at radius 1 is 1.15 bits per heavy atom. The van der Waals surface area contributed by atoms with E-state index in [1.165, 1.54) is 6.07 Å². The molecule has 0 saturated heterocycles. The van der Waals surface area contributed by atoms with Crippen molar-refractivity contribution in [3.63, 3.8) is 0 Å². The summed E-state index contributed by atoms with van der Waals surface area (Å²) in [4.78, 5) is 11.7. The van der Waals surface area contributed by atoms with Gasteiger partial charge in [-0.2, -0.15) is 0 Å². The van der Waals surface area contributed by atoms with Gasteiger partial charge in [-0.25, -0.2) is 17.2 Å². The molecule has 1 aliphatic carbocycles. The van der Waals surface area contributed by atoms with E-state index in [1.54, 1.807) is 6.07 Å². The monoisotopic (exact) mass is 442 g/mol. The van der Waals surface area contributed by atoms with E-state index in [1.807, 2.05) is 0 Å². The van der Waals surface area contributed by atoms with Gasteiger partial charge in [0.15, 0.2) is 0 Å². The molecule has 1 fully saturated rings. The molecule has 2 aliphatic rings. The number of anilines is 2. The normalized spacial score (nSPS) is 17.6. The standard InChI is InChI=1S/C17H13BrF2N2O3S/c18-12-8-10(7-11-15(12)21-16(23)17(11)4-1-5-17)22-26(24,25)14-3-2-9(19)6-13(14)20/h2-3,6-8,22H,1,4-5H2,(H,21,23). The Kier molecular flexibility index (Phi) is 3.85. The molecule has 2 aromatic rings. The van der Waals surface area contributed by atoms with Crippen molar-refractivity contribution in [3.8, 4) is 0 Å². The second-order valence-corrected chi connectivity index (χ2v) is 8.96. The third kappa shape index (κ3) is 2.52. The Hall–Kier alpha value is -2.00. The summed E-state index contributed by atoms with van der Waals surface area (Å²) in [5, 5.41) is 2.83. The molecule has 0 radical (unpaired) electrons. The van der Waals surface area contributed by atoms with Gasteiger partial charge in [-0.05, 0) is 58.6 Å². The fraction of sp³-hybridized carbons (Fsp3) is 0.235. The third-order valence-corrected chi connectivity index (χ3v) is 6.96. The summed E-state index contributed by atoms with van der Waals surface area (Å²) in [5.41, 5.74) is 0.925. The van der Waals surface area contributed by atoms with Crippen molar-refractivity contribution < 1.29 is 22.0 Å². The molecule has 26 heavy (non-hydrogen) atoms. The van der Waals surface area contributed by atoms with Gasteiger partial charge < -0.3 is 5.32 Å². The Morgan fingerprint density at radius 3 is 2.50 bits per heavy atom. The number of carbonyl (C=O) groups excluding carboxylic acids is 1. The highest BCUT2D eigenvalue weighted by atomic mass is 79.9. The lowest BCUT2D eigenvalue weighted by Crippen LogP contribution is -2.40. The van der Waals surface area contributed by atoms with Crippen LogP contribution in [0.15, 0.2) is 39.7 Å². The number of fused-ring (bicyclic) bond motifs is 2. The first-order valence-corrected chi connectivity index (χ1v) is 10.1. The van der Waals surface area contributed by atoms with Crippen LogP contribution in [0.2, 0.25) is 0 Å². The quantitative estimate of drug-likeness (QED) is 0.756. The largest absolute Gasteiger partial charge is 0.324 e. The zero-order chi connectivity index (χ0) is 18.7. The Morgan fingerprint density at radius 2 is 1.88 bits per heavy atom. The Bertz CT molecular complexity index is 1050. The summed E-state index contributed by atoms with van der Waals surface area (Å²) >= 11 is 3.35. The molecule has 9 heteroatoms. The predicted octanol–water partition coefficient (Wildman–Crippen LogP) is 3.90. The molecule has 2 N–H and O–H groups in total. The number of benzene rings is 2. The smallest absolute Gasteiger partial charge is 0.264 e. The lowest BCUT2D eigenvalue weighted by molar-refractivity contribution is -0.123. The van der Waals surface area contributed by atoms with Crippen LogP contribution < -0.4 is 10.0 Å². The van der Waals surface area contributed by atoms with E-state index in [0.29, 0.717) is 29.1 Å². The summed E-state index contributed by atoms with van der Waals surface area (Å²) in [5.74, 6) is -2.13. The minimum atomic E-state index is -4.25. The molecule has 1 amide bonds. The Labute approximate surface area is 157 Å². The number of rotatable bonds is 3. The lowest BCUT2D eigenvalue weighted by atomic mass is 9.65. The number of nitrogens with one attached hydrogen (secondary N) is 2. The maximum absolute atomic E-state index is 13.9. The van der Waals surface area contributed by atoms with E-state index in [0.717, 1.165) is 24.1 Å². The number of halogens is 3. The topological polar surface area (TPSA) is 75.3 Å². The minimum Gasteiger partial charge on any atom is -0.324 e. The van der Waals surface area contributed by atoms with Gasteiger partial charge in [-0.1, -0.05) is 6.42 Å². The van der Waals surface area contributed by atoms with Crippen LogP contribution in [0.5, 0.6) is 0 Å². The van der Waals surface area contributed by atoms with Crippen molar-refractivity contribution in [1.29, 1.82) is 0 Å². The minimum absolute atomic E-state index is 0.0935. The molecule has 5 nitrogen and oxygen atoms in total. The average Bonchev–Trinajstić information content (AvgIpc) is 2.79. The number of carbonyl (C=O) groups is 1. The SMILES string of the molecule is O=C1Nc2c(Br)cc(NS(=O)(=O)c3ccc(F)cc3F)cc2C12CCC2. The zero-order valence-corrected chi connectivity index (χ0v) is 15.7. The van der Waals surface area contributed by atoms with E-state index in [2.05, 4.69) is 26.0 Å². The summed E-state index contributed by atoms with van der Waals surface area (Å²) in [6.45, 7) is 0. The van der Waals surface area contributed by atoms with E-state index in [9.17, 15) is 22.0 Å². The number of hydrogen-bond acceptors (Lipinski definition) is 3. The molecule has 0 atom stereocenters. The molecule has 1 aliphatic heterocycles. The van der Waals surface area contributed by atoms with Crippen molar-refractivity contribution in [2.24, 2.45) is 0 Å². The first-order chi connectivity index (χ1) is 12.2. The van der Waals surface area contributed by atoms with Crippen LogP contribution in [0, 0.1) is 11.6 Å². The number of sulfonamides is 1. The van der Waals surface area contributed by atoms with Crippen molar-refractivity contribution in [1.82, 2.24) is 0 Å². The molecular weight excluding hydrogens is 430 g/mol. The van der Waals surface area contributed by atoms with Crippen LogP contribution in [-0.2, 0) is 20.2 Å². The lowest BCUT2D eigenvalue weighted by Gasteiger charge is -2.36. The molecule has 1 saturated carbocycles. The molecule has 0 unspecified atom stereocenters. The van der Waals surface area contributed by atoms with Crippen LogP contribution in [0.1, 0.15) is 24.8 Å². The van der Waals surface area contributed by atoms with Gasteiger partial charge in [0.1, 0.15) is 16.5 Å². The molecule has 1 heterocycles. The van der Waals surface area contributed by atoms with Crippen molar-refractivity contribution in [3.05, 3.63) is 52.0 Å². The molecular formula is C17H13BrF2N2O3S. The maximum atomic E-state index is 13.9. The summed E-state index contributed by atoms with van der Waals surface area (Å²) in [7, 11) is -4.25. The Balaban J connectivity index is 1.74. The van der Waals surface area contributed by atoms with Crippen LogP contribution in [-0.4, -0.2) is 14.3 Å². The highest BCUT2D eigenvalue weighted by Gasteiger charge is 2.51. The van der Waals surface area contributed by atoms with Gasteiger partial charge >= 0.3 is 0 Å². The highest BCUT2D eigenvalue weighted by Crippen LogP contribution is 2.53. The van der Waals surface area contributed by atoms with Crippen LogP contribution in [0.25, 0.3) is 0 Å². The fourth-order valence-electron chi connectivity index (χ4n) is 3.46. The summed E-state index contributed by atoms with van der Waals surface area (Å²) < 4.78 is 54.7. The second-order valence-electron chi connectivity index (χ2n) is 6.45.